The molecule has 1 amide bonds. The summed E-state index contributed by atoms with van der Waals surface area (Å²) in [5.74, 6) is -2.64. The molecule has 6 heteroatoms. The number of carbonyl (C=O) groups excluding carboxylic acids is 1. The molecule has 2 aromatic rings. The molecule has 2 aliphatic rings. The van der Waals surface area contributed by atoms with Gasteiger partial charge in [0.2, 0.25) is 11.7 Å². The van der Waals surface area contributed by atoms with Crippen LogP contribution in [0.4, 0.5) is 0 Å². The second-order valence-corrected chi connectivity index (χ2v) is 7.47. The van der Waals surface area contributed by atoms with Crippen molar-refractivity contribution in [2.45, 2.75) is 24.7 Å². The van der Waals surface area contributed by atoms with Crippen molar-refractivity contribution in [3.05, 3.63) is 71.8 Å². The molecule has 0 bridgehead atoms. The number of benzene rings is 2. The van der Waals surface area contributed by atoms with E-state index in [-0.39, 0.29) is 12.3 Å². The number of amides is 1. The van der Waals surface area contributed by atoms with E-state index in [0.29, 0.717) is 26.3 Å². The van der Waals surface area contributed by atoms with E-state index in [0.717, 1.165) is 11.1 Å². The molecule has 4 rings (SSSR count). The van der Waals surface area contributed by atoms with Crippen LogP contribution in [0.3, 0.4) is 0 Å². The Morgan fingerprint density at radius 1 is 0.964 bits per heavy atom. The van der Waals surface area contributed by atoms with Crippen LogP contribution in [0.15, 0.2) is 60.7 Å². The van der Waals surface area contributed by atoms with Crippen LogP contribution in [0.2, 0.25) is 0 Å². The predicted molar refractivity (Wildman–Crippen MR) is 102 cm³/mol. The molecule has 2 aromatic carbocycles. The predicted octanol–water partition coefficient (Wildman–Crippen LogP) is 2.47. The normalized spacial score (nSPS) is 27.4. The van der Waals surface area contributed by atoms with E-state index in [2.05, 4.69) is 0 Å². The van der Waals surface area contributed by atoms with Gasteiger partial charge >= 0.3 is 0 Å². The fourth-order valence-electron chi connectivity index (χ4n) is 3.96. The SMILES string of the molecule is C[C@@]1(O)OOC(c2ccccc2)(c2ccccc2)C[C@@H]1C(=O)N1CCOCC1. The summed E-state index contributed by atoms with van der Waals surface area (Å²) in [7, 11) is 0. The Kier molecular flexibility index (Phi) is 5.21. The van der Waals surface area contributed by atoms with Crippen molar-refractivity contribution in [1.82, 2.24) is 4.90 Å². The van der Waals surface area contributed by atoms with Gasteiger partial charge in [-0.3, -0.25) is 4.79 Å². The van der Waals surface area contributed by atoms with Crippen molar-refractivity contribution in [3.8, 4) is 0 Å². The van der Waals surface area contributed by atoms with Crippen molar-refractivity contribution in [2.24, 2.45) is 5.92 Å². The summed E-state index contributed by atoms with van der Waals surface area (Å²) >= 11 is 0. The van der Waals surface area contributed by atoms with Gasteiger partial charge in [-0.05, 0) is 18.1 Å². The Hall–Kier alpha value is -2.25. The minimum absolute atomic E-state index is 0.146. The molecule has 0 spiro atoms. The first-order chi connectivity index (χ1) is 13.5. The fraction of sp³-hybridized carbons (Fsp3) is 0.409. The summed E-state index contributed by atoms with van der Waals surface area (Å²) in [4.78, 5) is 26.4. The number of morpholine rings is 1. The Morgan fingerprint density at radius 3 is 2.04 bits per heavy atom. The van der Waals surface area contributed by atoms with E-state index >= 15 is 0 Å². The van der Waals surface area contributed by atoms with Gasteiger partial charge in [0.25, 0.3) is 0 Å². The van der Waals surface area contributed by atoms with E-state index in [1.54, 1.807) is 4.90 Å². The van der Waals surface area contributed by atoms with Crippen molar-refractivity contribution in [2.75, 3.05) is 26.3 Å². The Bertz CT molecular complexity index is 763. The van der Waals surface area contributed by atoms with Crippen molar-refractivity contribution >= 4 is 5.91 Å². The first-order valence-electron chi connectivity index (χ1n) is 9.60. The zero-order valence-electron chi connectivity index (χ0n) is 15.9. The van der Waals surface area contributed by atoms with Crippen molar-refractivity contribution in [1.29, 1.82) is 0 Å². The number of aliphatic hydroxyl groups is 1. The smallest absolute Gasteiger partial charge is 0.231 e. The molecule has 0 aromatic heterocycles. The summed E-state index contributed by atoms with van der Waals surface area (Å²) in [6.45, 7) is 3.50. The third kappa shape index (κ3) is 3.44. The van der Waals surface area contributed by atoms with Gasteiger partial charge in [-0.1, -0.05) is 60.7 Å². The topological polar surface area (TPSA) is 68.2 Å². The lowest BCUT2D eigenvalue weighted by molar-refractivity contribution is -0.488. The third-order valence-corrected chi connectivity index (χ3v) is 5.59. The lowest BCUT2D eigenvalue weighted by Crippen LogP contribution is -2.57. The van der Waals surface area contributed by atoms with Gasteiger partial charge in [0.05, 0.1) is 19.1 Å². The van der Waals surface area contributed by atoms with E-state index in [4.69, 9.17) is 14.5 Å². The molecule has 1 N–H and O–H groups in total. The monoisotopic (exact) mass is 383 g/mol. The van der Waals surface area contributed by atoms with Gasteiger partial charge in [0, 0.05) is 19.5 Å². The van der Waals surface area contributed by atoms with Gasteiger partial charge in [0.1, 0.15) is 0 Å². The van der Waals surface area contributed by atoms with Gasteiger partial charge in [0.15, 0.2) is 5.60 Å². The number of nitrogens with zero attached hydrogens (tertiary/aromatic N) is 1. The minimum Gasteiger partial charge on any atom is -0.378 e. The van der Waals surface area contributed by atoms with Crippen LogP contribution < -0.4 is 0 Å². The first kappa shape index (κ1) is 19.1. The standard InChI is InChI=1S/C22H25NO5/c1-21(25)19(20(24)23-12-14-26-15-13-23)16-22(28-27-21,17-8-4-2-5-9-17)18-10-6-3-7-11-18/h2-11,19,25H,12-16H2,1H3/t19-,21-/m1/s1. The van der Waals surface area contributed by atoms with Gasteiger partial charge in [-0.25, -0.2) is 4.89 Å². The molecule has 6 nitrogen and oxygen atoms in total. The molecule has 0 aliphatic carbocycles. The molecule has 2 fully saturated rings. The highest BCUT2D eigenvalue weighted by atomic mass is 17.2. The van der Waals surface area contributed by atoms with E-state index in [1.807, 2.05) is 60.7 Å². The second kappa shape index (κ2) is 7.64. The van der Waals surface area contributed by atoms with E-state index in [9.17, 15) is 9.90 Å². The average molecular weight is 383 g/mol. The highest BCUT2D eigenvalue weighted by Crippen LogP contribution is 2.47. The summed E-state index contributed by atoms with van der Waals surface area (Å²) in [6.07, 6.45) is 0.268. The van der Waals surface area contributed by atoms with E-state index < -0.39 is 17.3 Å². The van der Waals surface area contributed by atoms with Crippen LogP contribution in [0.25, 0.3) is 0 Å². The van der Waals surface area contributed by atoms with Crippen LogP contribution >= 0.6 is 0 Å². The maximum absolute atomic E-state index is 13.3. The van der Waals surface area contributed by atoms with Crippen LogP contribution in [-0.4, -0.2) is 48.0 Å². The quantitative estimate of drug-likeness (QED) is 0.825. The summed E-state index contributed by atoms with van der Waals surface area (Å²) in [5.41, 5.74) is 0.755. The average Bonchev–Trinajstić information content (AvgIpc) is 2.75. The van der Waals surface area contributed by atoms with Crippen LogP contribution in [0.1, 0.15) is 24.5 Å². The number of ether oxygens (including phenoxy) is 1. The molecule has 0 unspecified atom stereocenters. The molecule has 0 saturated carbocycles. The van der Waals surface area contributed by atoms with Crippen molar-refractivity contribution in [3.63, 3.8) is 0 Å². The molecular weight excluding hydrogens is 358 g/mol. The maximum Gasteiger partial charge on any atom is 0.231 e. The number of hydrogen-bond acceptors (Lipinski definition) is 5. The van der Waals surface area contributed by atoms with Gasteiger partial charge in [-0.15, -0.1) is 0 Å². The molecule has 0 radical (unpaired) electrons. The largest absolute Gasteiger partial charge is 0.378 e. The van der Waals surface area contributed by atoms with Crippen LogP contribution in [0.5, 0.6) is 0 Å². The molecule has 2 saturated heterocycles. The number of carbonyl (C=O) groups is 1. The Morgan fingerprint density at radius 2 is 1.50 bits per heavy atom. The summed E-state index contributed by atoms with van der Waals surface area (Å²) in [5, 5.41) is 10.8. The molecule has 2 heterocycles. The van der Waals surface area contributed by atoms with Crippen molar-refractivity contribution < 1.29 is 24.4 Å². The maximum atomic E-state index is 13.3. The minimum atomic E-state index is -1.72. The third-order valence-electron chi connectivity index (χ3n) is 5.59. The molecule has 2 aliphatic heterocycles. The Labute approximate surface area is 164 Å². The number of rotatable bonds is 3. The lowest BCUT2D eigenvalue weighted by Gasteiger charge is -2.47. The van der Waals surface area contributed by atoms with Crippen LogP contribution in [-0.2, 0) is 24.9 Å². The summed E-state index contributed by atoms with van der Waals surface area (Å²) < 4.78 is 5.36. The molecule has 28 heavy (non-hydrogen) atoms. The summed E-state index contributed by atoms with van der Waals surface area (Å²) in [6, 6.07) is 19.4. The van der Waals surface area contributed by atoms with Gasteiger partial charge in [-0.2, -0.15) is 4.89 Å². The second-order valence-electron chi connectivity index (χ2n) is 7.47. The highest BCUT2D eigenvalue weighted by molar-refractivity contribution is 5.80. The fourth-order valence-corrected chi connectivity index (χ4v) is 3.96. The van der Waals surface area contributed by atoms with Crippen LogP contribution in [0, 0.1) is 5.92 Å². The lowest BCUT2D eigenvalue weighted by atomic mass is 9.75. The number of hydrogen-bond donors (Lipinski definition) is 1. The highest BCUT2D eigenvalue weighted by Gasteiger charge is 2.54. The molecule has 148 valence electrons. The first-order valence-corrected chi connectivity index (χ1v) is 9.60. The Balaban J connectivity index is 1.74. The molecule has 2 atom stereocenters. The zero-order chi connectivity index (χ0) is 19.6. The van der Waals surface area contributed by atoms with E-state index in [1.165, 1.54) is 6.92 Å². The van der Waals surface area contributed by atoms with Gasteiger partial charge < -0.3 is 14.7 Å². The molecular formula is C22H25NO5. The zero-order valence-corrected chi connectivity index (χ0v) is 15.9.